The van der Waals surface area contributed by atoms with Crippen molar-refractivity contribution >= 4 is 5.78 Å². The molecule has 0 heterocycles. The van der Waals surface area contributed by atoms with E-state index in [1.807, 2.05) is 20.8 Å². The monoisotopic (exact) mass is 185 g/mol. The van der Waals surface area contributed by atoms with E-state index < -0.39 is 0 Å². The standard InChI is InChI=1S/C11H23NO/c1-6-12-10(7-8(2)3)11(13)9(4)5/h8-10,12H,6-7H2,1-5H3. The van der Waals surface area contributed by atoms with Crippen LogP contribution < -0.4 is 5.32 Å². The quantitative estimate of drug-likeness (QED) is 0.687. The molecule has 78 valence electrons. The molecule has 1 atom stereocenters. The Morgan fingerprint density at radius 3 is 2.08 bits per heavy atom. The van der Waals surface area contributed by atoms with Crippen LogP contribution in [0.4, 0.5) is 0 Å². The Kier molecular flexibility index (Phi) is 5.97. The van der Waals surface area contributed by atoms with E-state index in [4.69, 9.17) is 0 Å². The zero-order chi connectivity index (χ0) is 10.4. The van der Waals surface area contributed by atoms with E-state index in [1.165, 1.54) is 0 Å². The maximum atomic E-state index is 11.7. The molecule has 0 radical (unpaired) electrons. The summed E-state index contributed by atoms with van der Waals surface area (Å²) in [6, 6.07) is 0.0602. The van der Waals surface area contributed by atoms with Gasteiger partial charge in [-0.25, -0.2) is 0 Å². The van der Waals surface area contributed by atoms with Crippen molar-refractivity contribution in [2.45, 2.75) is 47.1 Å². The SMILES string of the molecule is CCNC(CC(C)C)C(=O)C(C)C. The molecule has 0 aromatic rings. The fourth-order valence-electron chi connectivity index (χ4n) is 1.42. The van der Waals surface area contributed by atoms with E-state index in [0.29, 0.717) is 11.7 Å². The first-order chi connectivity index (χ1) is 5.99. The van der Waals surface area contributed by atoms with Crippen LogP contribution in [0.3, 0.4) is 0 Å². The minimum Gasteiger partial charge on any atom is -0.308 e. The fourth-order valence-corrected chi connectivity index (χ4v) is 1.42. The molecule has 0 aromatic carbocycles. The highest BCUT2D eigenvalue weighted by atomic mass is 16.1. The van der Waals surface area contributed by atoms with Crippen molar-refractivity contribution in [3.8, 4) is 0 Å². The van der Waals surface area contributed by atoms with E-state index in [2.05, 4.69) is 19.2 Å². The Morgan fingerprint density at radius 2 is 1.77 bits per heavy atom. The first kappa shape index (κ1) is 12.6. The molecule has 0 aliphatic rings. The summed E-state index contributed by atoms with van der Waals surface area (Å²) in [6.07, 6.45) is 0.949. The molecule has 0 saturated carbocycles. The van der Waals surface area contributed by atoms with Gasteiger partial charge in [0.05, 0.1) is 6.04 Å². The third-order valence-electron chi connectivity index (χ3n) is 2.07. The predicted molar refractivity (Wildman–Crippen MR) is 56.8 cm³/mol. The van der Waals surface area contributed by atoms with Gasteiger partial charge in [-0.15, -0.1) is 0 Å². The number of rotatable bonds is 6. The minimum atomic E-state index is 0.0602. The molecule has 0 amide bonds. The highest BCUT2D eigenvalue weighted by Gasteiger charge is 2.20. The van der Waals surface area contributed by atoms with Gasteiger partial charge in [0, 0.05) is 5.92 Å². The summed E-state index contributed by atoms with van der Waals surface area (Å²) < 4.78 is 0. The second-order valence-corrected chi connectivity index (χ2v) is 4.30. The number of ketones is 1. The number of hydrogen-bond acceptors (Lipinski definition) is 2. The van der Waals surface area contributed by atoms with Crippen molar-refractivity contribution in [1.82, 2.24) is 5.32 Å². The van der Waals surface area contributed by atoms with Crippen LogP contribution in [0.5, 0.6) is 0 Å². The van der Waals surface area contributed by atoms with Gasteiger partial charge in [-0.2, -0.15) is 0 Å². The first-order valence-corrected chi connectivity index (χ1v) is 5.26. The number of nitrogens with one attached hydrogen (secondary N) is 1. The molecular weight excluding hydrogens is 162 g/mol. The van der Waals surface area contributed by atoms with Gasteiger partial charge in [0.1, 0.15) is 0 Å². The number of Topliss-reactive ketones (excluding diaryl/α,β-unsaturated/α-hetero) is 1. The molecule has 0 fully saturated rings. The van der Waals surface area contributed by atoms with Crippen LogP contribution >= 0.6 is 0 Å². The minimum absolute atomic E-state index is 0.0602. The lowest BCUT2D eigenvalue weighted by Gasteiger charge is -2.20. The van der Waals surface area contributed by atoms with Crippen LogP contribution in [0.25, 0.3) is 0 Å². The number of likely N-dealkylation sites (N-methyl/N-ethyl adjacent to an activating group) is 1. The van der Waals surface area contributed by atoms with E-state index in [1.54, 1.807) is 0 Å². The lowest BCUT2D eigenvalue weighted by atomic mass is 9.94. The maximum absolute atomic E-state index is 11.7. The predicted octanol–water partition coefficient (Wildman–Crippen LogP) is 2.24. The van der Waals surface area contributed by atoms with Gasteiger partial charge in [0.2, 0.25) is 0 Å². The Hall–Kier alpha value is -0.370. The molecule has 2 nitrogen and oxygen atoms in total. The molecule has 0 rings (SSSR count). The van der Waals surface area contributed by atoms with E-state index >= 15 is 0 Å². The summed E-state index contributed by atoms with van der Waals surface area (Å²) in [5.41, 5.74) is 0. The van der Waals surface area contributed by atoms with Crippen molar-refractivity contribution in [2.24, 2.45) is 11.8 Å². The van der Waals surface area contributed by atoms with Crippen molar-refractivity contribution in [3.05, 3.63) is 0 Å². The highest BCUT2D eigenvalue weighted by Crippen LogP contribution is 2.09. The Balaban J connectivity index is 4.15. The summed E-state index contributed by atoms with van der Waals surface area (Å²) in [7, 11) is 0. The van der Waals surface area contributed by atoms with Crippen molar-refractivity contribution in [3.63, 3.8) is 0 Å². The van der Waals surface area contributed by atoms with Crippen molar-refractivity contribution in [2.75, 3.05) is 6.54 Å². The molecule has 0 aliphatic carbocycles. The van der Waals surface area contributed by atoms with Crippen molar-refractivity contribution < 1.29 is 4.79 Å². The third kappa shape index (κ3) is 5.04. The van der Waals surface area contributed by atoms with Crippen LogP contribution in [0, 0.1) is 11.8 Å². The summed E-state index contributed by atoms with van der Waals surface area (Å²) in [5, 5.41) is 3.25. The third-order valence-corrected chi connectivity index (χ3v) is 2.07. The zero-order valence-electron chi connectivity index (χ0n) is 9.55. The van der Waals surface area contributed by atoms with Gasteiger partial charge in [-0.3, -0.25) is 4.79 Å². The molecule has 0 aromatic heterocycles. The van der Waals surface area contributed by atoms with Gasteiger partial charge in [0.25, 0.3) is 0 Å². The Morgan fingerprint density at radius 1 is 1.23 bits per heavy atom. The molecule has 0 saturated heterocycles. The smallest absolute Gasteiger partial charge is 0.152 e. The highest BCUT2D eigenvalue weighted by molar-refractivity contribution is 5.85. The van der Waals surface area contributed by atoms with Gasteiger partial charge >= 0.3 is 0 Å². The van der Waals surface area contributed by atoms with Crippen LogP contribution in [-0.4, -0.2) is 18.4 Å². The van der Waals surface area contributed by atoms with E-state index in [-0.39, 0.29) is 12.0 Å². The average Bonchev–Trinajstić information content (AvgIpc) is 2.01. The molecule has 0 spiro atoms. The van der Waals surface area contributed by atoms with Crippen LogP contribution in [0.15, 0.2) is 0 Å². The van der Waals surface area contributed by atoms with E-state index in [0.717, 1.165) is 13.0 Å². The number of hydrogen-bond donors (Lipinski definition) is 1. The molecule has 0 aliphatic heterocycles. The average molecular weight is 185 g/mol. The molecule has 1 unspecified atom stereocenters. The largest absolute Gasteiger partial charge is 0.308 e. The molecule has 0 bridgehead atoms. The van der Waals surface area contributed by atoms with E-state index in [9.17, 15) is 4.79 Å². The zero-order valence-corrected chi connectivity index (χ0v) is 9.55. The summed E-state index contributed by atoms with van der Waals surface area (Å²) >= 11 is 0. The Bertz CT molecular complexity index is 152. The normalized spacial score (nSPS) is 13.8. The van der Waals surface area contributed by atoms with Crippen LogP contribution in [0.1, 0.15) is 41.0 Å². The number of carbonyl (C=O) groups excluding carboxylic acids is 1. The summed E-state index contributed by atoms with van der Waals surface area (Å²) in [6.45, 7) is 11.1. The fraction of sp³-hybridized carbons (Fsp3) is 0.909. The lowest BCUT2D eigenvalue weighted by Crippen LogP contribution is -2.39. The summed E-state index contributed by atoms with van der Waals surface area (Å²) in [5.74, 6) is 1.06. The number of carbonyl (C=O) groups is 1. The van der Waals surface area contributed by atoms with Crippen LogP contribution in [0.2, 0.25) is 0 Å². The van der Waals surface area contributed by atoms with Gasteiger partial charge < -0.3 is 5.32 Å². The Labute approximate surface area is 82.1 Å². The van der Waals surface area contributed by atoms with Crippen LogP contribution in [-0.2, 0) is 4.79 Å². The molecule has 2 heteroatoms. The van der Waals surface area contributed by atoms with Gasteiger partial charge in [0.15, 0.2) is 5.78 Å². The van der Waals surface area contributed by atoms with Gasteiger partial charge in [-0.1, -0.05) is 34.6 Å². The lowest BCUT2D eigenvalue weighted by molar-refractivity contribution is -0.124. The molecule has 13 heavy (non-hydrogen) atoms. The second kappa shape index (κ2) is 6.14. The first-order valence-electron chi connectivity index (χ1n) is 5.26. The topological polar surface area (TPSA) is 29.1 Å². The molecular formula is C11H23NO. The summed E-state index contributed by atoms with van der Waals surface area (Å²) in [4.78, 5) is 11.7. The second-order valence-electron chi connectivity index (χ2n) is 4.30. The molecule has 1 N–H and O–H groups in total. The van der Waals surface area contributed by atoms with Gasteiger partial charge in [-0.05, 0) is 18.9 Å². The van der Waals surface area contributed by atoms with Crippen molar-refractivity contribution in [1.29, 1.82) is 0 Å². The maximum Gasteiger partial charge on any atom is 0.152 e.